The molecule has 0 spiro atoms. The van der Waals surface area contributed by atoms with Gasteiger partial charge >= 0.3 is 0 Å². The minimum atomic E-state index is -0.285. The van der Waals surface area contributed by atoms with Crippen LogP contribution in [0, 0.1) is 5.82 Å². The van der Waals surface area contributed by atoms with Crippen molar-refractivity contribution in [2.45, 2.75) is 50.7 Å². The van der Waals surface area contributed by atoms with Gasteiger partial charge in [-0.2, -0.15) is 0 Å². The number of likely N-dealkylation sites (tertiary alicyclic amines) is 1. The molecule has 1 fully saturated rings. The molecule has 32 heavy (non-hydrogen) atoms. The van der Waals surface area contributed by atoms with Gasteiger partial charge in [-0.05, 0) is 69.1 Å². The third kappa shape index (κ3) is 5.10. The molecular weight excluding hydrogens is 423 g/mol. The number of halogens is 1. The predicted molar refractivity (Wildman–Crippen MR) is 126 cm³/mol. The van der Waals surface area contributed by atoms with Gasteiger partial charge < -0.3 is 0 Å². The summed E-state index contributed by atoms with van der Waals surface area (Å²) in [5, 5.41) is 9.58. The average molecular weight is 453 g/mol. The molecule has 0 saturated carbocycles. The van der Waals surface area contributed by atoms with Crippen molar-refractivity contribution in [1.82, 2.24) is 19.7 Å². The van der Waals surface area contributed by atoms with Gasteiger partial charge in [-0.3, -0.25) is 14.3 Å². The SMILES string of the molecule is CCc1ccc(C(=O)CSc2nnc([C@@H](C)N3CCCCC3)n2-c2ccc(F)cc2)cc1. The maximum atomic E-state index is 13.6. The molecule has 0 N–H and O–H groups in total. The number of carbonyl (C=O) groups is 1. The van der Waals surface area contributed by atoms with E-state index in [0.29, 0.717) is 10.7 Å². The monoisotopic (exact) mass is 452 g/mol. The number of aryl methyl sites for hydroxylation is 1. The Hall–Kier alpha value is -2.51. The predicted octanol–water partition coefficient (Wildman–Crippen LogP) is 5.49. The van der Waals surface area contributed by atoms with Gasteiger partial charge in [-0.15, -0.1) is 10.2 Å². The van der Waals surface area contributed by atoms with Crippen LogP contribution in [0.15, 0.2) is 53.7 Å². The number of piperidine rings is 1. The summed E-state index contributed by atoms with van der Waals surface area (Å²) in [7, 11) is 0. The van der Waals surface area contributed by atoms with Gasteiger partial charge in [-0.1, -0.05) is 49.4 Å². The van der Waals surface area contributed by atoms with Crippen LogP contribution in [-0.4, -0.2) is 44.3 Å². The molecule has 0 unspecified atom stereocenters. The average Bonchev–Trinajstić information content (AvgIpc) is 3.27. The van der Waals surface area contributed by atoms with Crippen molar-refractivity contribution in [1.29, 1.82) is 0 Å². The van der Waals surface area contributed by atoms with E-state index < -0.39 is 0 Å². The van der Waals surface area contributed by atoms with Crippen LogP contribution in [0.4, 0.5) is 4.39 Å². The molecule has 5 nitrogen and oxygen atoms in total. The van der Waals surface area contributed by atoms with Crippen LogP contribution in [0.2, 0.25) is 0 Å². The lowest BCUT2D eigenvalue weighted by atomic mass is 10.1. The molecule has 1 atom stereocenters. The second-order valence-corrected chi connectivity index (χ2v) is 9.13. The molecule has 2 aromatic carbocycles. The van der Waals surface area contributed by atoms with Crippen LogP contribution >= 0.6 is 11.8 Å². The first-order chi connectivity index (χ1) is 15.6. The van der Waals surface area contributed by atoms with E-state index >= 15 is 0 Å². The molecule has 168 valence electrons. The molecule has 0 radical (unpaired) electrons. The molecule has 1 aromatic heterocycles. The Labute approximate surface area is 193 Å². The maximum Gasteiger partial charge on any atom is 0.196 e. The zero-order valence-corrected chi connectivity index (χ0v) is 19.4. The fraction of sp³-hybridized carbons (Fsp3) is 0.400. The van der Waals surface area contributed by atoms with Gasteiger partial charge in [0, 0.05) is 11.3 Å². The molecule has 7 heteroatoms. The number of rotatable bonds is 8. The molecule has 0 amide bonds. The van der Waals surface area contributed by atoms with E-state index in [9.17, 15) is 9.18 Å². The van der Waals surface area contributed by atoms with E-state index in [-0.39, 0.29) is 23.4 Å². The highest BCUT2D eigenvalue weighted by molar-refractivity contribution is 7.99. The number of hydrogen-bond acceptors (Lipinski definition) is 5. The summed E-state index contributed by atoms with van der Waals surface area (Å²) in [4.78, 5) is 15.2. The Balaban J connectivity index is 1.58. The van der Waals surface area contributed by atoms with E-state index in [0.717, 1.165) is 31.0 Å². The van der Waals surface area contributed by atoms with Crippen LogP contribution in [0.5, 0.6) is 0 Å². The highest BCUT2D eigenvalue weighted by Gasteiger charge is 2.26. The number of hydrogen-bond donors (Lipinski definition) is 0. The topological polar surface area (TPSA) is 51.0 Å². The minimum Gasteiger partial charge on any atom is -0.294 e. The first-order valence-electron chi connectivity index (χ1n) is 11.3. The van der Waals surface area contributed by atoms with E-state index in [1.54, 1.807) is 12.1 Å². The van der Waals surface area contributed by atoms with E-state index in [4.69, 9.17) is 0 Å². The molecule has 1 saturated heterocycles. The Morgan fingerprint density at radius 2 is 1.72 bits per heavy atom. The number of benzene rings is 2. The normalized spacial score (nSPS) is 15.6. The van der Waals surface area contributed by atoms with Gasteiger partial charge in [-0.25, -0.2) is 4.39 Å². The minimum absolute atomic E-state index is 0.0527. The summed E-state index contributed by atoms with van der Waals surface area (Å²) >= 11 is 1.37. The summed E-state index contributed by atoms with van der Waals surface area (Å²) in [5.41, 5.74) is 2.71. The number of nitrogens with zero attached hydrogens (tertiary/aromatic N) is 4. The largest absolute Gasteiger partial charge is 0.294 e. The zero-order valence-electron chi connectivity index (χ0n) is 18.6. The first kappa shape index (κ1) is 22.7. The fourth-order valence-corrected chi connectivity index (χ4v) is 4.94. The van der Waals surface area contributed by atoms with Crippen LogP contribution in [0.1, 0.15) is 60.9 Å². The van der Waals surface area contributed by atoms with Crippen molar-refractivity contribution in [2.75, 3.05) is 18.8 Å². The number of ketones is 1. The highest BCUT2D eigenvalue weighted by atomic mass is 32.2. The standard InChI is InChI=1S/C25H29FN4OS/c1-3-19-7-9-20(10-8-19)23(31)17-32-25-28-27-24(18(2)29-15-5-4-6-16-29)30(25)22-13-11-21(26)12-14-22/h7-14,18H,3-6,15-17H2,1-2H3/t18-/m1/s1. The quantitative estimate of drug-likeness (QED) is 0.334. The third-order valence-electron chi connectivity index (χ3n) is 6.07. The lowest BCUT2D eigenvalue weighted by Crippen LogP contribution is -2.33. The molecule has 0 bridgehead atoms. The van der Waals surface area contributed by atoms with Gasteiger partial charge in [0.05, 0.1) is 11.8 Å². The molecule has 4 rings (SSSR count). The lowest BCUT2D eigenvalue weighted by molar-refractivity contribution is 0.102. The third-order valence-corrected chi connectivity index (χ3v) is 7.00. The summed E-state index contributed by atoms with van der Waals surface area (Å²) in [6.07, 6.45) is 4.57. The van der Waals surface area contributed by atoms with Crippen LogP contribution < -0.4 is 0 Å². The van der Waals surface area contributed by atoms with Crippen LogP contribution in [0.25, 0.3) is 5.69 Å². The van der Waals surface area contributed by atoms with Crippen molar-refractivity contribution in [3.8, 4) is 5.69 Å². The molecule has 1 aliphatic rings. The maximum absolute atomic E-state index is 13.6. The lowest BCUT2D eigenvalue weighted by Gasteiger charge is -2.31. The number of Topliss-reactive ketones (excluding diaryl/α,β-unsaturated/α-hetero) is 1. The van der Waals surface area contributed by atoms with Crippen LogP contribution in [-0.2, 0) is 6.42 Å². The van der Waals surface area contributed by atoms with E-state index in [2.05, 4.69) is 28.9 Å². The van der Waals surface area contributed by atoms with E-state index in [1.807, 2.05) is 28.8 Å². The zero-order chi connectivity index (χ0) is 22.5. The fourth-order valence-electron chi connectivity index (χ4n) is 4.09. The summed E-state index contributed by atoms with van der Waals surface area (Å²) in [5.74, 6) is 0.855. The van der Waals surface area contributed by atoms with Gasteiger partial charge in [0.1, 0.15) is 5.82 Å². The second-order valence-electron chi connectivity index (χ2n) is 8.19. The van der Waals surface area contributed by atoms with Crippen molar-refractivity contribution in [2.24, 2.45) is 0 Å². The molecular formula is C25H29FN4OS. The van der Waals surface area contributed by atoms with E-state index in [1.165, 1.54) is 48.7 Å². The van der Waals surface area contributed by atoms with Crippen LogP contribution in [0.3, 0.4) is 0 Å². The molecule has 0 aliphatic carbocycles. The van der Waals surface area contributed by atoms with Crippen molar-refractivity contribution in [3.63, 3.8) is 0 Å². The Morgan fingerprint density at radius 1 is 1.03 bits per heavy atom. The van der Waals surface area contributed by atoms with Gasteiger partial charge in [0.25, 0.3) is 0 Å². The summed E-state index contributed by atoms with van der Waals surface area (Å²) in [6, 6.07) is 14.2. The summed E-state index contributed by atoms with van der Waals surface area (Å²) < 4.78 is 15.5. The summed E-state index contributed by atoms with van der Waals surface area (Å²) in [6.45, 7) is 6.31. The second kappa shape index (κ2) is 10.4. The smallest absolute Gasteiger partial charge is 0.196 e. The Kier molecular flexibility index (Phi) is 7.37. The Morgan fingerprint density at radius 3 is 2.38 bits per heavy atom. The first-order valence-corrected chi connectivity index (χ1v) is 12.3. The molecule has 2 heterocycles. The van der Waals surface area contributed by atoms with Crippen molar-refractivity contribution < 1.29 is 9.18 Å². The number of thioether (sulfide) groups is 1. The van der Waals surface area contributed by atoms with Gasteiger partial charge in [0.2, 0.25) is 0 Å². The molecule has 1 aliphatic heterocycles. The Bertz CT molecular complexity index is 1040. The van der Waals surface area contributed by atoms with Gasteiger partial charge in [0.15, 0.2) is 16.8 Å². The highest BCUT2D eigenvalue weighted by Crippen LogP contribution is 2.29. The van der Waals surface area contributed by atoms with Crippen molar-refractivity contribution >= 4 is 17.5 Å². The molecule has 3 aromatic rings. The number of aromatic nitrogens is 3. The van der Waals surface area contributed by atoms with Crippen molar-refractivity contribution in [3.05, 3.63) is 71.3 Å². The number of carbonyl (C=O) groups excluding carboxylic acids is 1.